The zero-order chi connectivity index (χ0) is 37.9. The first-order chi connectivity index (χ1) is 24.6. The molecule has 0 radical (unpaired) electrons. The second kappa shape index (κ2) is 17.8. The smallest absolute Gasteiger partial charge is 0.407 e. The molecule has 1 atom stereocenters. The van der Waals surface area contributed by atoms with E-state index in [0.29, 0.717) is 31.9 Å². The van der Waals surface area contributed by atoms with Gasteiger partial charge in [0.1, 0.15) is 23.6 Å². The van der Waals surface area contributed by atoms with Gasteiger partial charge in [-0.1, -0.05) is 66.7 Å². The number of aliphatic hydroxyl groups is 1. The van der Waals surface area contributed by atoms with Crippen molar-refractivity contribution in [2.24, 2.45) is 0 Å². The van der Waals surface area contributed by atoms with Crippen molar-refractivity contribution in [3.63, 3.8) is 0 Å². The molecule has 0 fully saturated rings. The Morgan fingerprint density at radius 2 is 1.29 bits per heavy atom. The number of esters is 1. The number of fused-ring (bicyclic) bond motifs is 1. The highest BCUT2D eigenvalue weighted by Gasteiger charge is 2.28. The molecule has 1 aliphatic rings. The number of carbonyl (C=O) groups is 3. The van der Waals surface area contributed by atoms with E-state index in [4.69, 9.17) is 24.4 Å². The van der Waals surface area contributed by atoms with Gasteiger partial charge in [0.15, 0.2) is 18.2 Å². The molecule has 13 nitrogen and oxygen atoms in total. The normalized spacial score (nSPS) is 13.1. The summed E-state index contributed by atoms with van der Waals surface area (Å²) in [5.74, 6) is -0.136. The first-order valence-electron chi connectivity index (χ1n) is 17.3. The minimum absolute atomic E-state index is 0.209. The van der Waals surface area contributed by atoms with Crippen LogP contribution in [0.25, 0.3) is 0 Å². The number of amides is 2. The maximum Gasteiger partial charge on any atom is 0.407 e. The number of aliphatic hydroxyl groups excluding tert-OH is 1. The van der Waals surface area contributed by atoms with E-state index in [9.17, 15) is 19.5 Å². The molecule has 0 spiro atoms. The number of benzene rings is 3. The first-order valence-corrected chi connectivity index (χ1v) is 17.3. The summed E-state index contributed by atoms with van der Waals surface area (Å²) in [6, 6.07) is 24.1. The van der Waals surface area contributed by atoms with Crippen molar-refractivity contribution < 1.29 is 38.4 Å². The van der Waals surface area contributed by atoms with Crippen molar-refractivity contribution in [3.8, 4) is 5.75 Å². The number of hydrogen-bond acceptors (Lipinski definition) is 9. The van der Waals surface area contributed by atoms with E-state index in [1.807, 2.05) is 77.7 Å². The van der Waals surface area contributed by atoms with Crippen LogP contribution in [0.1, 0.15) is 69.9 Å². The van der Waals surface area contributed by atoms with Crippen LogP contribution in [0.2, 0.25) is 0 Å². The molecule has 4 N–H and O–H groups in total. The molecule has 0 unspecified atom stereocenters. The van der Waals surface area contributed by atoms with Crippen LogP contribution in [-0.2, 0) is 32.1 Å². The monoisotopic (exact) mass is 717 g/mol. The summed E-state index contributed by atoms with van der Waals surface area (Å²) >= 11 is 0. The molecule has 0 bridgehead atoms. The van der Waals surface area contributed by atoms with Gasteiger partial charge in [-0.2, -0.15) is 0 Å². The molecular formula is C39H51N5O8. The molecule has 280 valence electrons. The van der Waals surface area contributed by atoms with Gasteiger partial charge in [0.2, 0.25) is 0 Å². The lowest BCUT2D eigenvalue weighted by Crippen LogP contribution is -2.48. The molecule has 52 heavy (non-hydrogen) atoms. The number of nitrogens with one attached hydrogen (secondary N) is 3. The molecule has 3 aromatic carbocycles. The number of guanidine groups is 1. The molecular weight excluding hydrogens is 666 g/mol. The van der Waals surface area contributed by atoms with E-state index in [1.165, 1.54) is 0 Å². The largest absolute Gasteiger partial charge is 0.490 e. The Morgan fingerprint density at radius 3 is 1.79 bits per heavy atom. The van der Waals surface area contributed by atoms with Crippen molar-refractivity contribution in [3.05, 3.63) is 101 Å². The Labute approximate surface area is 305 Å². The van der Waals surface area contributed by atoms with Gasteiger partial charge in [-0.05, 0) is 75.9 Å². The Hall–Kier alpha value is -5.30. The zero-order valence-electron chi connectivity index (χ0n) is 30.8. The summed E-state index contributed by atoms with van der Waals surface area (Å²) in [6.45, 7) is 12.2. The van der Waals surface area contributed by atoms with Crippen LogP contribution in [0.15, 0.2) is 78.9 Å². The summed E-state index contributed by atoms with van der Waals surface area (Å²) in [6.07, 6.45) is -3.33. The number of rotatable bonds is 13. The summed E-state index contributed by atoms with van der Waals surface area (Å²) in [5, 5.41) is 25.2. The van der Waals surface area contributed by atoms with Crippen LogP contribution in [-0.4, -0.2) is 89.1 Å². The Bertz CT molecular complexity index is 1580. The highest BCUT2D eigenvalue weighted by molar-refractivity contribution is 5.78. The molecule has 0 saturated carbocycles. The number of carbonyl (C=O) groups excluding carboxylic acids is 3. The fourth-order valence-electron chi connectivity index (χ4n) is 5.37. The molecule has 1 heterocycles. The average Bonchev–Trinajstić information content (AvgIpc) is 3.51. The van der Waals surface area contributed by atoms with Crippen LogP contribution in [0.3, 0.4) is 0 Å². The SMILES string of the molecule is CC(C)(C)OC(=O)NCCN(CCNC(=O)OC(C)(C)C)C(=N)N1Cc2ccc(OC[C@@H](O)C(=O)OC(c3ccccc3)c3ccccc3)cc2C1. The molecule has 1 aliphatic heterocycles. The molecule has 2 amide bonds. The maximum absolute atomic E-state index is 13.0. The summed E-state index contributed by atoms with van der Waals surface area (Å²) in [5.41, 5.74) is 2.18. The second-order valence-electron chi connectivity index (χ2n) is 14.4. The lowest BCUT2D eigenvalue weighted by Gasteiger charge is -2.31. The average molecular weight is 718 g/mol. The Balaban J connectivity index is 1.34. The third kappa shape index (κ3) is 12.5. The predicted octanol–water partition coefficient (Wildman–Crippen LogP) is 5.36. The lowest BCUT2D eigenvalue weighted by atomic mass is 10.0. The van der Waals surface area contributed by atoms with Crippen molar-refractivity contribution in [2.75, 3.05) is 32.8 Å². The van der Waals surface area contributed by atoms with Gasteiger partial charge in [-0.25, -0.2) is 14.4 Å². The zero-order valence-corrected chi connectivity index (χ0v) is 30.8. The van der Waals surface area contributed by atoms with Crippen LogP contribution in [0, 0.1) is 5.41 Å². The third-order valence-corrected chi connectivity index (χ3v) is 7.72. The van der Waals surface area contributed by atoms with Crippen LogP contribution in [0.4, 0.5) is 9.59 Å². The molecule has 0 aromatic heterocycles. The van der Waals surface area contributed by atoms with E-state index in [1.54, 1.807) is 52.5 Å². The van der Waals surface area contributed by atoms with Crippen LogP contribution >= 0.6 is 0 Å². The second-order valence-corrected chi connectivity index (χ2v) is 14.4. The molecule has 4 rings (SSSR count). The van der Waals surface area contributed by atoms with Gasteiger partial charge >= 0.3 is 18.2 Å². The summed E-state index contributed by atoms with van der Waals surface area (Å²) in [4.78, 5) is 41.1. The third-order valence-electron chi connectivity index (χ3n) is 7.72. The van der Waals surface area contributed by atoms with Gasteiger partial charge in [0.25, 0.3) is 0 Å². The quantitative estimate of drug-likeness (QED) is 0.0784. The van der Waals surface area contributed by atoms with Crippen molar-refractivity contribution >= 4 is 24.1 Å². The predicted molar refractivity (Wildman–Crippen MR) is 196 cm³/mol. The number of alkyl carbamates (subject to hydrolysis) is 2. The highest BCUT2D eigenvalue weighted by atomic mass is 16.6. The van der Waals surface area contributed by atoms with E-state index >= 15 is 0 Å². The number of nitrogens with zero attached hydrogens (tertiary/aromatic N) is 2. The van der Waals surface area contributed by atoms with Crippen LogP contribution < -0.4 is 15.4 Å². The van der Waals surface area contributed by atoms with Gasteiger partial charge in [-0.15, -0.1) is 0 Å². The fraction of sp³-hybridized carbons (Fsp3) is 0.436. The minimum atomic E-state index is -1.52. The summed E-state index contributed by atoms with van der Waals surface area (Å²) < 4.78 is 22.3. The first kappa shape index (κ1) is 39.5. The van der Waals surface area contributed by atoms with Gasteiger partial charge in [0, 0.05) is 39.3 Å². The topological polar surface area (TPSA) is 163 Å². The molecule has 13 heteroatoms. The Kier molecular flexibility index (Phi) is 13.5. The van der Waals surface area contributed by atoms with E-state index in [0.717, 1.165) is 22.3 Å². The molecule has 0 saturated heterocycles. The fourth-order valence-corrected chi connectivity index (χ4v) is 5.37. The standard InChI is InChI=1S/C39H51N5O8/c1-38(2,3)51-36(47)41-19-21-43(22-20-42-37(48)52-39(4,5)6)35(40)44-24-29-17-18-31(23-30(29)25-44)49-26-32(45)34(46)50-33(27-13-9-7-10-14-27)28-15-11-8-12-16-28/h7-18,23,32-33,40,45H,19-22,24-26H2,1-6H3,(H,41,47)(H,42,48)/t32-/m1/s1. The van der Waals surface area contributed by atoms with Gasteiger partial charge < -0.3 is 44.5 Å². The van der Waals surface area contributed by atoms with Gasteiger partial charge in [0.05, 0.1) is 0 Å². The number of hydrogen-bond donors (Lipinski definition) is 4. The minimum Gasteiger partial charge on any atom is -0.490 e. The van der Waals surface area contributed by atoms with E-state index < -0.39 is 41.6 Å². The number of ether oxygens (including phenoxy) is 4. The highest BCUT2D eigenvalue weighted by Crippen LogP contribution is 2.29. The van der Waals surface area contributed by atoms with E-state index in [-0.39, 0.29) is 25.7 Å². The summed E-state index contributed by atoms with van der Waals surface area (Å²) in [7, 11) is 0. The maximum atomic E-state index is 13.0. The van der Waals surface area contributed by atoms with Gasteiger partial charge in [-0.3, -0.25) is 5.41 Å². The molecule has 0 aliphatic carbocycles. The Morgan fingerprint density at radius 1 is 0.788 bits per heavy atom. The van der Waals surface area contributed by atoms with E-state index in [2.05, 4.69) is 10.6 Å². The van der Waals surface area contributed by atoms with Crippen molar-refractivity contribution in [1.29, 1.82) is 5.41 Å². The van der Waals surface area contributed by atoms with Crippen molar-refractivity contribution in [1.82, 2.24) is 20.4 Å². The van der Waals surface area contributed by atoms with Crippen molar-refractivity contribution in [2.45, 2.75) is 78.0 Å². The lowest BCUT2D eigenvalue weighted by molar-refractivity contribution is -0.159. The van der Waals surface area contributed by atoms with Crippen LogP contribution in [0.5, 0.6) is 5.75 Å². The molecule has 3 aromatic rings.